The molecule has 3 N–H and O–H groups in total. The van der Waals surface area contributed by atoms with E-state index in [0.29, 0.717) is 43.7 Å². The lowest BCUT2D eigenvalue weighted by molar-refractivity contribution is -0.133. The molecule has 3 aromatic carbocycles. The third-order valence-corrected chi connectivity index (χ3v) is 14.2. The number of aromatic nitrogens is 5. The maximum Gasteiger partial charge on any atom is 0.263 e. The molecule has 8 rings (SSSR count). The molecule has 3 aromatic heterocycles. The standard InChI is InChI=1S/C24H25ClN6O3S2.C13H17N5O2S2/c1-17-15-30(20-3-5-21(6-4-20)36(33,34)28-24-26-16-27-35-24)12-13-31(17)23(32)9-11-29-10-8-18-14-19(25)2-7-22(18)29;1-10-8-18(7-6-14-10)11-2-4-12(5-3-11)22(19,20)17-13-15-9-16-21-13/h2-8,10,14,16-17H,9,11-13,15H2,1H3,(H,26,27,28);2-5,9-10,14H,6-8H2,1H3,(H,15,16,17). The van der Waals surface area contributed by atoms with Gasteiger partial charge in [-0.25, -0.2) is 26.8 Å². The molecular weight excluding hydrogens is 842 g/mol. The molecule has 1 amide bonds. The number of anilines is 4. The van der Waals surface area contributed by atoms with Crippen LogP contribution in [0.4, 0.5) is 21.6 Å². The molecule has 0 bridgehead atoms. The topological polar surface area (TPSA) is 188 Å². The quantitative estimate of drug-likeness (QED) is 0.154. The second-order valence-corrected chi connectivity index (χ2v) is 19.2. The van der Waals surface area contributed by atoms with E-state index in [1.165, 1.54) is 12.7 Å². The van der Waals surface area contributed by atoms with E-state index in [9.17, 15) is 21.6 Å². The molecule has 2 saturated heterocycles. The predicted octanol–water partition coefficient (Wildman–Crippen LogP) is 5.21. The van der Waals surface area contributed by atoms with Crippen LogP contribution in [-0.2, 0) is 31.4 Å². The van der Waals surface area contributed by atoms with Crippen LogP contribution in [0, 0.1) is 0 Å². The van der Waals surface area contributed by atoms with Crippen molar-refractivity contribution >= 4 is 93.2 Å². The fourth-order valence-electron chi connectivity index (χ4n) is 6.91. The van der Waals surface area contributed by atoms with Crippen molar-refractivity contribution in [3.05, 3.63) is 96.7 Å². The van der Waals surface area contributed by atoms with Gasteiger partial charge in [-0.3, -0.25) is 14.2 Å². The molecule has 0 radical (unpaired) electrons. The van der Waals surface area contributed by atoms with Crippen LogP contribution in [0.15, 0.2) is 101 Å². The summed E-state index contributed by atoms with van der Waals surface area (Å²) in [5.74, 6) is 0.127. The first-order valence-corrected chi connectivity index (χ1v) is 23.3. The van der Waals surface area contributed by atoms with Crippen molar-refractivity contribution < 1.29 is 21.6 Å². The number of hydrogen-bond acceptors (Lipinski definition) is 14. The minimum absolute atomic E-state index is 0.0361. The average molecular weight is 885 g/mol. The number of fused-ring (bicyclic) bond motifs is 1. The molecule has 2 unspecified atom stereocenters. The molecule has 0 aliphatic carbocycles. The van der Waals surface area contributed by atoms with Gasteiger partial charge in [0.15, 0.2) is 0 Å². The van der Waals surface area contributed by atoms with E-state index in [1.807, 2.05) is 54.4 Å². The Bertz CT molecular complexity index is 2520. The summed E-state index contributed by atoms with van der Waals surface area (Å²) in [6, 6.07) is 21.9. The van der Waals surface area contributed by atoms with E-state index >= 15 is 0 Å². The number of piperazine rings is 2. The zero-order valence-corrected chi connectivity index (χ0v) is 35.6. The minimum Gasteiger partial charge on any atom is -0.369 e. The number of sulfonamides is 2. The van der Waals surface area contributed by atoms with Crippen LogP contribution in [-0.4, -0.2) is 102 Å². The lowest BCUT2D eigenvalue weighted by Gasteiger charge is -2.41. The number of rotatable bonds is 11. The molecule has 21 heteroatoms. The summed E-state index contributed by atoms with van der Waals surface area (Å²) in [4.78, 5) is 27.4. The van der Waals surface area contributed by atoms with Crippen molar-refractivity contribution in [2.75, 3.05) is 58.5 Å². The Morgan fingerprint density at radius 1 is 0.793 bits per heavy atom. The summed E-state index contributed by atoms with van der Waals surface area (Å²) >= 11 is 8.06. The summed E-state index contributed by atoms with van der Waals surface area (Å²) in [6.07, 6.45) is 5.03. The highest BCUT2D eigenvalue weighted by Gasteiger charge is 2.28. The number of carbonyl (C=O) groups is 1. The van der Waals surface area contributed by atoms with Gasteiger partial charge in [-0.1, -0.05) is 11.6 Å². The van der Waals surface area contributed by atoms with Gasteiger partial charge in [0, 0.05) is 121 Å². The van der Waals surface area contributed by atoms with Gasteiger partial charge in [0.2, 0.25) is 16.2 Å². The van der Waals surface area contributed by atoms with Gasteiger partial charge in [0.05, 0.1) is 9.79 Å². The molecule has 16 nitrogen and oxygen atoms in total. The largest absolute Gasteiger partial charge is 0.369 e. The number of amides is 1. The number of nitrogens with one attached hydrogen (secondary N) is 3. The summed E-state index contributed by atoms with van der Waals surface area (Å²) in [5.41, 5.74) is 3.01. The molecule has 0 spiro atoms. The van der Waals surface area contributed by atoms with E-state index < -0.39 is 20.0 Å². The van der Waals surface area contributed by atoms with Gasteiger partial charge in [-0.05, 0) is 86.6 Å². The Balaban J connectivity index is 0.000000199. The molecule has 0 saturated carbocycles. The average Bonchev–Trinajstić information content (AvgIpc) is 4.00. The van der Waals surface area contributed by atoms with Crippen LogP contribution in [0.5, 0.6) is 0 Å². The molecule has 2 fully saturated rings. The number of benzene rings is 3. The molecule has 6 aromatic rings. The summed E-state index contributed by atoms with van der Waals surface area (Å²) in [7, 11) is -7.34. The van der Waals surface area contributed by atoms with Gasteiger partial charge in [0.1, 0.15) is 12.7 Å². The lowest BCUT2D eigenvalue weighted by atomic mass is 10.1. The Morgan fingerprint density at radius 2 is 1.38 bits per heavy atom. The van der Waals surface area contributed by atoms with E-state index in [2.05, 4.69) is 54.8 Å². The number of aryl methyl sites for hydroxylation is 1. The van der Waals surface area contributed by atoms with Crippen LogP contribution < -0.4 is 24.6 Å². The Hall–Kier alpha value is -4.86. The molecule has 2 aliphatic rings. The van der Waals surface area contributed by atoms with Crippen molar-refractivity contribution in [2.45, 2.75) is 48.7 Å². The number of hydrogen-bond donors (Lipinski definition) is 3. The zero-order valence-electron chi connectivity index (χ0n) is 31.6. The van der Waals surface area contributed by atoms with Crippen molar-refractivity contribution in [1.82, 2.24) is 33.5 Å². The Kier molecular flexibility index (Phi) is 12.8. The number of carbonyl (C=O) groups excluding carboxylic acids is 1. The Labute approximate surface area is 350 Å². The van der Waals surface area contributed by atoms with Crippen LogP contribution in [0.1, 0.15) is 20.3 Å². The highest BCUT2D eigenvalue weighted by molar-refractivity contribution is 7.93. The van der Waals surface area contributed by atoms with E-state index in [0.717, 1.165) is 65.0 Å². The first-order chi connectivity index (χ1) is 27.8. The smallest absolute Gasteiger partial charge is 0.263 e. The fourth-order valence-corrected chi connectivity index (χ4v) is 10.4. The summed E-state index contributed by atoms with van der Waals surface area (Å²) in [5, 5.41) is 5.63. The van der Waals surface area contributed by atoms with Crippen molar-refractivity contribution in [3.63, 3.8) is 0 Å². The monoisotopic (exact) mass is 883 g/mol. The van der Waals surface area contributed by atoms with Gasteiger partial charge >= 0.3 is 0 Å². The molecule has 306 valence electrons. The van der Waals surface area contributed by atoms with Crippen molar-refractivity contribution in [3.8, 4) is 0 Å². The van der Waals surface area contributed by atoms with Crippen LogP contribution in [0.2, 0.25) is 5.02 Å². The lowest BCUT2D eigenvalue weighted by Crippen LogP contribution is -2.54. The van der Waals surface area contributed by atoms with Gasteiger partial charge in [-0.15, -0.1) is 0 Å². The molecule has 58 heavy (non-hydrogen) atoms. The van der Waals surface area contributed by atoms with E-state index in [-0.39, 0.29) is 32.0 Å². The summed E-state index contributed by atoms with van der Waals surface area (Å²) in [6.45, 7) is 9.51. The predicted molar refractivity (Wildman–Crippen MR) is 229 cm³/mol. The van der Waals surface area contributed by atoms with Crippen LogP contribution in [0.3, 0.4) is 0 Å². The highest BCUT2D eigenvalue weighted by atomic mass is 35.5. The zero-order chi connectivity index (χ0) is 40.9. The number of halogens is 1. The van der Waals surface area contributed by atoms with Gasteiger partial charge < -0.3 is 24.6 Å². The molecule has 2 atom stereocenters. The molecule has 2 aliphatic heterocycles. The first kappa shape index (κ1) is 41.3. The SMILES string of the molecule is CC1CN(c2ccc(S(=O)(=O)Nc3ncns3)cc2)CCN1.CC1CN(c2ccc(S(=O)(=O)Nc3ncns3)cc2)CCN1C(=O)CCn1ccc2cc(Cl)ccc21. The van der Waals surface area contributed by atoms with E-state index in [1.54, 1.807) is 36.4 Å². The van der Waals surface area contributed by atoms with Crippen LogP contribution >= 0.6 is 34.7 Å². The normalized spacial score (nSPS) is 17.5. The maximum atomic E-state index is 13.0. The molecule has 5 heterocycles. The van der Waals surface area contributed by atoms with E-state index in [4.69, 9.17) is 11.6 Å². The minimum atomic E-state index is -3.72. The second-order valence-electron chi connectivity index (χ2n) is 13.8. The Morgan fingerprint density at radius 3 is 1.91 bits per heavy atom. The second kappa shape index (κ2) is 18.0. The maximum absolute atomic E-state index is 13.0. The number of nitrogens with zero attached hydrogens (tertiary/aromatic N) is 8. The van der Waals surface area contributed by atoms with Crippen molar-refractivity contribution in [2.24, 2.45) is 0 Å². The third kappa shape index (κ3) is 10.0. The van der Waals surface area contributed by atoms with Crippen molar-refractivity contribution in [1.29, 1.82) is 0 Å². The van der Waals surface area contributed by atoms with Gasteiger partial charge in [-0.2, -0.15) is 8.75 Å². The third-order valence-electron chi connectivity index (χ3n) is 9.81. The van der Waals surface area contributed by atoms with Crippen LogP contribution in [0.25, 0.3) is 10.9 Å². The first-order valence-electron chi connectivity index (χ1n) is 18.4. The fraction of sp³-hybridized carbons (Fsp3) is 0.324. The molecular formula is C37H42ClN11O5S4. The highest BCUT2D eigenvalue weighted by Crippen LogP contribution is 2.25. The van der Waals surface area contributed by atoms with Gasteiger partial charge in [0.25, 0.3) is 20.0 Å². The summed E-state index contributed by atoms with van der Waals surface area (Å²) < 4.78 is 64.1.